The Hall–Kier alpha value is -3.97. The predicted molar refractivity (Wildman–Crippen MR) is 129 cm³/mol. The third kappa shape index (κ3) is 5.15. The summed E-state index contributed by atoms with van der Waals surface area (Å²) in [5.74, 6) is 1.47. The van der Waals surface area contributed by atoms with E-state index in [1.54, 1.807) is 0 Å². The highest BCUT2D eigenvalue weighted by atomic mass is 16.5. The molecular weight excluding hydrogens is 428 g/mol. The number of para-hydroxylation sites is 1. The van der Waals surface area contributed by atoms with E-state index in [0.717, 1.165) is 28.9 Å². The van der Waals surface area contributed by atoms with Crippen molar-refractivity contribution in [2.75, 3.05) is 26.4 Å². The summed E-state index contributed by atoms with van der Waals surface area (Å²) in [7, 11) is 0. The Morgan fingerprint density at radius 1 is 0.912 bits per heavy atom. The van der Waals surface area contributed by atoms with E-state index >= 15 is 0 Å². The van der Waals surface area contributed by atoms with Gasteiger partial charge in [-0.15, -0.1) is 0 Å². The fourth-order valence-electron chi connectivity index (χ4n) is 4.14. The minimum Gasteiger partial charge on any atom is -0.491 e. The highest BCUT2D eigenvalue weighted by molar-refractivity contribution is 5.95. The Morgan fingerprint density at radius 3 is 2.71 bits per heavy atom. The molecule has 7 heteroatoms. The van der Waals surface area contributed by atoms with Crippen molar-refractivity contribution in [2.45, 2.75) is 13.0 Å². The number of hydrogen-bond donors (Lipinski definition) is 1. The van der Waals surface area contributed by atoms with Gasteiger partial charge < -0.3 is 14.4 Å². The molecule has 34 heavy (non-hydrogen) atoms. The van der Waals surface area contributed by atoms with Crippen LogP contribution in [0.25, 0.3) is 11.4 Å². The number of nitrogens with zero attached hydrogens (tertiary/aromatic N) is 3. The van der Waals surface area contributed by atoms with Crippen molar-refractivity contribution >= 4 is 5.91 Å². The number of benzene rings is 3. The number of amides is 1. The van der Waals surface area contributed by atoms with Gasteiger partial charge in [-0.05, 0) is 34.9 Å². The topological polar surface area (TPSA) is 80.3 Å². The summed E-state index contributed by atoms with van der Waals surface area (Å²) in [4.78, 5) is 19.5. The van der Waals surface area contributed by atoms with Crippen LogP contribution < -0.4 is 4.74 Å². The van der Waals surface area contributed by atoms with Crippen molar-refractivity contribution < 1.29 is 14.3 Å². The van der Waals surface area contributed by atoms with Gasteiger partial charge in [0, 0.05) is 30.6 Å². The lowest BCUT2D eigenvalue weighted by Crippen LogP contribution is -2.34. The number of ether oxygens (including phenoxy) is 2. The molecule has 3 aromatic carbocycles. The van der Waals surface area contributed by atoms with E-state index < -0.39 is 0 Å². The van der Waals surface area contributed by atoms with Gasteiger partial charge in [0.25, 0.3) is 5.91 Å². The van der Waals surface area contributed by atoms with Crippen molar-refractivity contribution in [3.8, 4) is 17.1 Å². The molecule has 0 radical (unpaired) electrons. The van der Waals surface area contributed by atoms with E-state index in [1.807, 2.05) is 53.4 Å². The van der Waals surface area contributed by atoms with Gasteiger partial charge in [0.2, 0.25) is 0 Å². The third-order valence-electron chi connectivity index (χ3n) is 5.81. The number of fused-ring (bicyclic) bond motifs is 3. The first-order valence-electron chi connectivity index (χ1n) is 11.4. The van der Waals surface area contributed by atoms with Gasteiger partial charge in [-0.3, -0.25) is 9.89 Å². The van der Waals surface area contributed by atoms with Crippen molar-refractivity contribution in [1.82, 2.24) is 20.1 Å². The molecule has 1 aliphatic heterocycles. The molecule has 2 bridgehead atoms. The first-order valence-corrected chi connectivity index (χ1v) is 11.4. The number of rotatable bonds is 2. The van der Waals surface area contributed by atoms with Crippen molar-refractivity contribution in [2.24, 2.45) is 0 Å². The van der Waals surface area contributed by atoms with E-state index in [-0.39, 0.29) is 5.91 Å². The summed E-state index contributed by atoms with van der Waals surface area (Å²) in [5, 5.41) is 6.76. The highest BCUT2D eigenvalue weighted by Crippen LogP contribution is 2.23. The standard InChI is InChI=1S/C27H26N4O3/c32-27(24-9-4-8-23(17-24)26-28-19-29-30-26)31-11-12-33-13-14-34-25-10-2-1-7-22(25)16-20-5-3-6-21(15-20)18-31/h1-10,15,17,19H,11-14,16,18H2,(H,28,29,30). The van der Waals surface area contributed by atoms with Crippen LogP contribution in [0.15, 0.2) is 79.1 Å². The van der Waals surface area contributed by atoms with Gasteiger partial charge >= 0.3 is 0 Å². The number of nitrogens with one attached hydrogen (secondary N) is 1. The molecule has 172 valence electrons. The van der Waals surface area contributed by atoms with E-state index in [0.29, 0.717) is 44.3 Å². The first-order chi connectivity index (χ1) is 16.8. The van der Waals surface area contributed by atoms with Crippen molar-refractivity contribution in [3.63, 3.8) is 0 Å². The summed E-state index contributed by atoms with van der Waals surface area (Å²) >= 11 is 0. The number of carbonyl (C=O) groups excluding carboxylic acids is 1. The molecule has 0 fully saturated rings. The second-order valence-electron chi connectivity index (χ2n) is 8.21. The quantitative estimate of drug-likeness (QED) is 0.493. The number of aromatic amines is 1. The fraction of sp³-hybridized carbons (Fsp3) is 0.222. The van der Waals surface area contributed by atoms with Crippen LogP contribution in [0.5, 0.6) is 5.75 Å². The summed E-state index contributed by atoms with van der Waals surface area (Å²) < 4.78 is 11.8. The minimum atomic E-state index is -0.0518. The Bertz CT molecular complexity index is 1260. The fourth-order valence-corrected chi connectivity index (χ4v) is 4.14. The molecule has 1 amide bonds. The summed E-state index contributed by atoms with van der Waals surface area (Å²) in [6, 6.07) is 23.9. The maximum Gasteiger partial charge on any atom is 0.254 e. The Labute approximate surface area is 198 Å². The van der Waals surface area contributed by atoms with E-state index in [1.165, 1.54) is 11.9 Å². The van der Waals surface area contributed by atoms with E-state index in [4.69, 9.17) is 9.47 Å². The van der Waals surface area contributed by atoms with Gasteiger partial charge in [-0.25, -0.2) is 4.98 Å². The number of aromatic nitrogens is 3. The minimum absolute atomic E-state index is 0.0518. The second-order valence-corrected chi connectivity index (χ2v) is 8.21. The average molecular weight is 455 g/mol. The Kier molecular flexibility index (Phi) is 6.63. The van der Waals surface area contributed by atoms with E-state index in [2.05, 4.69) is 39.4 Å². The zero-order valence-corrected chi connectivity index (χ0v) is 18.8. The molecule has 0 saturated carbocycles. The molecule has 0 atom stereocenters. The summed E-state index contributed by atoms with van der Waals surface area (Å²) in [6.07, 6.45) is 2.22. The zero-order chi connectivity index (χ0) is 23.2. The van der Waals surface area contributed by atoms with Gasteiger partial charge in [-0.1, -0.05) is 54.6 Å². The smallest absolute Gasteiger partial charge is 0.254 e. The molecule has 7 nitrogen and oxygen atoms in total. The summed E-state index contributed by atoms with van der Waals surface area (Å²) in [5.41, 5.74) is 4.81. The van der Waals surface area contributed by atoms with Crippen molar-refractivity contribution in [3.05, 3.63) is 101 Å². The highest BCUT2D eigenvalue weighted by Gasteiger charge is 2.18. The second kappa shape index (κ2) is 10.3. The SMILES string of the molecule is O=C(c1cccc(-c2ncn[nH]2)c1)N1CCOCCOc2ccccc2Cc2cccc(c2)C1. The van der Waals surface area contributed by atoms with Crippen LogP contribution in [0.2, 0.25) is 0 Å². The van der Waals surface area contributed by atoms with Crippen LogP contribution in [0, 0.1) is 0 Å². The monoisotopic (exact) mass is 454 g/mol. The Balaban J connectivity index is 1.41. The first kappa shape index (κ1) is 21.9. The predicted octanol–water partition coefficient (Wildman–Crippen LogP) is 4.11. The maximum absolute atomic E-state index is 13.5. The Morgan fingerprint density at radius 2 is 1.79 bits per heavy atom. The molecule has 0 saturated heterocycles. The zero-order valence-electron chi connectivity index (χ0n) is 18.8. The molecule has 5 rings (SSSR count). The van der Waals surface area contributed by atoms with E-state index in [9.17, 15) is 4.79 Å². The number of hydrogen-bond acceptors (Lipinski definition) is 5. The lowest BCUT2D eigenvalue weighted by molar-refractivity contribution is 0.0571. The lowest BCUT2D eigenvalue weighted by atomic mass is 10.0. The molecule has 0 aliphatic carbocycles. The molecule has 1 aliphatic rings. The van der Waals surface area contributed by atoms with Crippen LogP contribution in [-0.2, 0) is 17.7 Å². The lowest BCUT2D eigenvalue weighted by Gasteiger charge is -2.24. The van der Waals surface area contributed by atoms with Crippen LogP contribution in [0.4, 0.5) is 0 Å². The summed E-state index contributed by atoms with van der Waals surface area (Å²) in [6.45, 7) is 2.33. The number of H-pyrrole nitrogens is 1. The van der Waals surface area contributed by atoms with Crippen LogP contribution >= 0.6 is 0 Å². The van der Waals surface area contributed by atoms with Crippen LogP contribution in [-0.4, -0.2) is 52.4 Å². The van der Waals surface area contributed by atoms with Gasteiger partial charge in [0.05, 0.1) is 13.2 Å². The molecule has 0 unspecified atom stereocenters. The van der Waals surface area contributed by atoms with Crippen LogP contribution in [0.3, 0.4) is 0 Å². The molecular formula is C27H26N4O3. The molecule has 4 aromatic rings. The molecule has 0 spiro atoms. The molecule has 2 heterocycles. The van der Waals surface area contributed by atoms with Crippen LogP contribution in [0.1, 0.15) is 27.0 Å². The maximum atomic E-state index is 13.5. The average Bonchev–Trinajstić information content (AvgIpc) is 3.41. The van der Waals surface area contributed by atoms with Crippen molar-refractivity contribution in [1.29, 1.82) is 0 Å². The molecule has 1 aromatic heterocycles. The van der Waals surface area contributed by atoms with Gasteiger partial charge in [0.15, 0.2) is 5.82 Å². The largest absolute Gasteiger partial charge is 0.491 e. The normalized spacial score (nSPS) is 14.5. The van der Waals surface area contributed by atoms with Gasteiger partial charge in [-0.2, -0.15) is 5.10 Å². The third-order valence-corrected chi connectivity index (χ3v) is 5.81. The number of carbonyl (C=O) groups is 1. The van der Waals surface area contributed by atoms with Gasteiger partial charge in [0.1, 0.15) is 18.7 Å². The molecule has 1 N–H and O–H groups in total.